The molecule has 0 saturated carbocycles. The highest BCUT2D eigenvalue weighted by molar-refractivity contribution is 7.89. The van der Waals surface area contributed by atoms with E-state index in [1.165, 1.54) is 22.8 Å². The van der Waals surface area contributed by atoms with Gasteiger partial charge in [-0.25, -0.2) is 18.1 Å². The molecule has 8 nitrogen and oxygen atoms in total. The molecular formula is C12H13N3O5S. The molecule has 21 heavy (non-hydrogen) atoms. The summed E-state index contributed by atoms with van der Waals surface area (Å²) in [6, 6.07) is 3.04. The van der Waals surface area contributed by atoms with Crippen molar-refractivity contribution < 1.29 is 22.7 Å². The second kappa shape index (κ2) is 5.08. The Hall–Kier alpha value is -2.00. The first-order valence-electron chi connectivity index (χ1n) is 6.36. The summed E-state index contributed by atoms with van der Waals surface area (Å²) in [6.45, 7) is 0.503. The first-order valence-corrected chi connectivity index (χ1v) is 7.80. The lowest BCUT2D eigenvalue weighted by molar-refractivity contribution is -0.126. The van der Waals surface area contributed by atoms with Gasteiger partial charge in [-0.15, -0.1) is 0 Å². The van der Waals surface area contributed by atoms with E-state index in [0.29, 0.717) is 0 Å². The van der Waals surface area contributed by atoms with Gasteiger partial charge in [-0.2, -0.15) is 4.31 Å². The van der Waals surface area contributed by atoms with Crippen LogP contribution >= 0.6 is 0 Å². The molecule has 0 spiro atoms. The van der Waals surface area contributed by atoms with Gasteiger partial charge in [0.2, 0.25) is 10.0 Å². The smallest absolute Gasteiger partial charge is 0.417 e. The van der Waals surface area contributed by atoms with E-state index in [1.807, 2.05) is 0 Å². The third kappa shape index (κ3) is 2.49. The van der Waals surface area contributed by atoms with Crippen LogP contribution in [0.5, 0.6) is 0 Å². The summed E-state index contributed by atoms with van der Waals surface area (Å²) < 4.78 is 30.4. The monoisotopic (exact) mass is 311 g/mol. The van der Waals surface area contributed by atoms with E-state index in [-0.39, 0.29) is 43.0 Å². The Balaban J connectivity index is 1.61. The Morgan fingerprint density at radius 2 is 2.10 bits per heavy atom. The van der Waals surface area contributed by atoms with Crippen molar-refractivity contribution in [1.82, 2.24) is 14.2 Å². The van der Waals surface area contributed by atoms with Gasteiger partial charge < -0.3 is 4.74 Å². The number of hydrogen-bond donors (Lipinski definition) is 0. The molecule has 2 saturated heterocycles. The summed E-state index contributed by atoms with van der Waals surface area (Å²) in [5.74, 6) is -0.445. The molecule has 3 heterocycles. The maximum Gasteiger partial charge on any atom is 0.417 e. The van der Waals surface area contributed by atoms with Gasteiger partial charge in [0.25, 0.3) is 5.91 Å². The molecule has 112 valence electrons. The van der Waals surface area contributed by atoms with Crippen molar-refractivity contribution in [3.8, 4) is 0 Å². The number of hydrogen-bond acceptors (Lipinski definition) is 6. The Morgan fingerprint density at radius 1 is 1.33 bits per heavy atom. The summed E-state index contributed by atoms with van der Waals surface area (Å²) in [6.07, 6.45) is 2.14. The van der Waals surface area contributed by atoms with Crippen molar-refractivity contribution in [2.45, 2.75) is 4.90 Å². The molecule has 2 aliphatic heterocycles. The highest BCUT2D eigenvalue weighted by Crippen LogP contribution is 2.26. The van der Waals surface area contributed by atoms with Crippen molar-refractivity contribution in [3.63, 3.8) is 0 Å². The van der Waals surface area contributed by atoms with Crippen molar-refractivity contribution in [2.75, 3.05) is 26.2 Å². The standard InChI is InChI=1S/C12H13N3O5S/c16-11-8-20-12(17)15(11)7-9-5-14(6-9)21(18,19)10-2-1-3-13-4-10/h1-4,9H,5-8H2. The van der Waals surface area contributed by atoms with Crippen molar-refractivity contribution in [3.05, 3.63) is 24.5 Å². The summed E-state index contributed by atoms with van der Waals surface area (Å²) in [4.78, 5) is 27.7. The number of sulfonamides is 1. The van der Waals surface area contributed by atoms with Gasteiger partial charge in [-0.3, -0.25) is 9.78 Å². The number of cyclic esters (lactones) is 1. The normalized spacial score (nSPS) is 20.5. The van der Waals surface area contributed by atoms with Gasteiger partial charge >= 0.3 is 6.09 Å². The molecule has 2 fully saturated rings. The minimum Gasteiger partial charge on any atom is -0.439 e. The number of ether oxygens (including phenoxy) is 1. The van der Waals surface area contributed by atoms with E-state index < -0.39 is 16.1 Å². The third-order valence-corrected chi connectivity index (χ3v) is 5.29. The number of carbonyl (C=O) groups excluding carboxylic acids is 2. The topological polar surface area (TPSA) is 96.9 Å². The molecule has 0 aliphatic carbocycles. The van der Waals surface area contributed by atoms with Crippen LogP contribution in [0, 0.1) is 5.92 Å². The fourth-order valence-electron chi connectivity index (χ4n) is 2.30. The molecule has 3 rings (SSSR count). The largest absolute Gasteiger partial charge is 0.439 e. The Bertz CT molecular complexity index is 653. The molecule has 1 aromatic rings. The number of pyridine rings is 1. The van der Waals surface area contributed by atoms with Gasteiger partial charge in [-0.1, -0.05) is 0 Å². The number of aromatic nitrogens is 1. The number of imide groups is 1. The van der Waals surface area contributed by atoms with Crippen LogP contribution in [0.25, 0.3) is 0 Å². The molecule has 0 atom stereocenters. The van der Waals surface area contributed by atoms with Crippen molar-refractivity contribution >= 4 is 22.0 Å². The molecular weight excluding hydrogens is 298 g/mol. The maximum absolute atomic E-state index is 12.2. The second-order valence-electron chi connectivity index (χ2n) is 4.94. The lowest BCUT2D eigenvalue weighted by Crippen LogP contribution is -2.54. The van der Waals surface area contributed by atoms with Crippen LogP contribution in [0.2, 0.25) is 0 Å². The predicted octanol–water partition coefficient (Wildman–Crippen LogP) is -0.319. The van der Waals surface area contributed by atoms with E-state index in [0.717, 1.165) is 4.90 Å². The zero-order valence-electron chi connectivity index (χ0n) is 11.0. The predicted molar refractivity (Wildman–Crippen MR) is 69.5 cm³/mol. The van der Waals surface area contributed by atoms with Crippen LogP contribution in [-0.2, 0) is 19.6 Å². The Labute approximate surface area is 121 Å². The highest BCUT2D eigenvalue weighted by Gasteiger charge is 2.41. The van der Waals surface area contributed by atoms with Crippen LogP contribution in [-0.4, -0.2) is 60.8 Å². The number of amides is 2. The second-order valence-corrected chi connectivity index (χ2v) is 6.87. The third-order valence-electron chi connectivity index (χ3n) is 3.48. The lowest BCUT2D eigenvalue weighted by Gasteiger charge is -2.38. The minimum absolute atomic E-state index is 0.0638. The van der Waals surface area contributed by atoms with Gasteiger partial charge in [0.05, 0.1) is 0 Å². The minimum atomic E-state index is -3.54. The van der Waals surface area contributed by atoms with Gasteiger partial charge in [-0.05, 0) is 12.1 Å². The molecule has 2 aliphatic rings. The summed E-state index contributed by atoms with van der Waals surface area (Å²) >= 11 is 0. The van der Waals surface area contributed by atoms with Crippen LogP contribution < -0.4 is 0 Å². The Morgan fingerprint density at radius 3 is 2.67 bits per heavy atom. The average Bonchev–Trinajstić information content (AvgIpc) is 2.74. The molecule has 0 radical (unpaired) electrons. The van der Waals surface area contributed by atoms with Crippen LogP contribution in [0.3, 0.4) is 0 Å². The van der Waals surface area contributed by atoms with Crippen molar-refractivity contribution in [1.29, 1.82) is 0 Å². The fraction of sp³-hybridized carbons (Fsp3) is 0.417. The zero-order chi connectivity index (χ0) is 15.0. The van der Waals surface area contributed by atoms with E-state index in [9.17, 15) is 18.0 Å². The molecule has 9 heteroatoms. The van der Waals surface area contributed by atoms with Gasteiger partial charge in [0.15, 0.2) is 6.61 Å². The van der Waals surface area contributed by atoms with E-state index in [1.54, 1.807) is 6.07 Å². The summed E-state index contributed by atoms with van der Waals surface area (Å²) in [5.41, 5.74) is 0. The van der Waals surface area contributed by atoms with E-state index in [4.69, 9.17) is 0 Å². The molecule has 0 aromatic carbocycles. The molecule has 1 aromatic heterocycles. The molecule has 0 bridgehead atoms. The summed E-state index contributed by atoms with van der Waals surface area (Å²) in [5, 5.41) is 0. The molecule has 0 unspecified atom stereocenters. The quantitative estimate of drug-likeness (QED) is 0.756. The van der Waals surface area contributed by atoms with E-state index in [2.05, 4.69) is 9.72 Å². The van der Waals surface area contributed by atoms with Crippen LogP contribution in [0.15, 0.2) is 29.4 Å². The SMILES string of the molecule is O=C1COC(=O)N1CC1CN(S(=O)(=O)c2cccnc2)C1. The highest BCUT2D eigenvalue weighted by atomic mass is 32.2. The van der Waals surface area contributed by atoms with Gasteiger partial charge in [0.1, 0.15) is 4.90 Å². The fourth-order valence-corrected chi connectivity index (χ4v) is 3.86. The van der Waals surface area contributed by atoms with E-state index >= 15 is 0 Å². The lowest BCUT2D eigenvalue weighted by atomic mass is 10.0. The molecule has 2 amide bonds. The molecule has 0 N–H and O–H groups in total. The van der Waals surface area contributed by atoms with Crippen LogP contribution in [0.1, 0.15) is 0 Å². The Kier molecular flexibility index (Phi) is 3.38. The summed E-state index contributed by atoms with van der Waals surface area (Å²) in [7, 11) is -3.54. The van der Waals surface area contributed by atoms with Crippen LogP contribution in [0.4, 0.5) is 4.79 Å². The average molecular weight is 311 g/mol. The number of nitrogens with zero attached hydrogens (tertiary/aromatic N) is 3. The first kappa shape index (κ1) is 14.0. The van der Waals surface area contributed by atoms with Crippen molar-refractivity contribution in [2.24, 2.45) is 5.92 Å². The number of carbonyl (C=O) groups is 2. The maximum atomic E-state index is 12.2. The first-order chi connectivity index (χ1) is 9.98. The van der Waals surface area contributed by atoms with Gasteiger partial charge in [0, 0.05) is 37.9 Å². The zero-order valence-corrected chi connectivity index (χ0v) is 11.8. The number of rotatable bonds is 4.